The zero-order chi connectivity index (χ0) is 17.8. The van der Waals surface area contributed by atoms with Crippen LogP contribution >= 0.6 is 11.3 Å². The molecule has 0 radical (unpaired) electrons. The number of aromatic nitrogens is 1. The molecule has 0 fully saturated rings. The third-order valence-electron chi connectivity index (χ3n) is 5.01. The number of nitrogens with zero attached hydrogens (tertiary/aromatic N) is 1. The molecule has 1 amide bonds. The molecule has 0 spiro atoms. The van der Waals surface area contributed by atoms with E-state index in [2.05, 4.69) is 23.5 Å². The highest BCUT2D eigenvalue weighted by molar-refractivity contribution is 7.11. The van der Waals surface area contributed by atoms with Crippen LogP contribution in [-0.4, -0.2) is 17.4 Å². The Morgan fingerprint density at radius 1 is 1.08 bits per heavy atom. The number of carbonyl (C=O) groups excluding carboxylic acids is 1. The zero-order valence-electron chi connectivity index (χ0n) is 15.0. The van der Waals surface area contributed by atoms with Crippen LogP contribution in [0.2, 0.25) is 0 Å². The van der Waals surface area contributed by atoms with Crippen LogP contribution in [0.25, 0.3) is 10.8 Å². The van der Waals surface area contributed by atoms with Crippen molar-refractivity contribution in [3.63, 3.8) is 0 Å². The van der Waals surface area contributed by atoms with Crippen molar-refractivity contribution in [3.8, 4) is 0 Å². The first kappa shape index (κ1) is 17.2. The Kier molecular flexibility index (Phi) is 5.30. The normalized spacial score (nSPS) is 13.5. The molecule has 0 bridgehead atoms. The summed E-state index contributed by atoms with van der Waals surface area (Å²) in [5, 5.41) is 6.65. The molecule has 1 heterocycles. The number of fused-ring (bicyclic) bond motifs is 2. The molecule has 0 unspecified atom stereocenters. The molecule has 1 N–H and O–H groups in total. The van der Waals surface area contributed by atoms with Gasteiger partial charge in [-0.25, -0.2) is 4.98 Å². The Balaban J connectivity index is 1.27. The second kappa shape index (κ2) is 8.00. The number of thiazole rings is 1. The van der Waals surface area contributed by atoms with Gasteiger partial charge < -0.3 is 5.32 Å². The molecule has 1 aromatic heterocycles. The Bertz CT molecular complexity index is 887. The van der Waals surface area contributed by atoms with Gasteiger partial charge in [0.1, 0.15) is 0 Å². The Morgan fingerprint density at radius 2 is 1.92 bits per heavy atom. The summed E-state index contributed by atoms with van der Waals surface area (Å²) in [7, 11) is 0. The fourth-order valence-electron chi connectivity index (χ4n) is 3.66. The van der Waals surface area contributed by atoms with Crippen molar-refractivity contribution in [1.29, 1.82) is 0 Å². The fraction of sp³-hybridized carbons (Fsp3) is 0.364. The van der Waals surface area contributed by atoms with Crippen LogP contribution in [0.15, 0.2) is 42.5 Å². The van der Waals surface area contributed by atoms with Crippen LogP contribution in [0.3, 0.4) is 0 Å². The van der Waals surface area contributed by atoms with Crippen molar-refractivity contribution in [1.82, 2.24) is 10.3 Å². The van der Waals surface area contributed by atoms with Gasteiger partial charge in [-0.15, -0.1) is 11.3 Å². The lowest BCUT2D eigenvalue weighted by Crippen LogP contribution is -2.26. The summed E-state index contributed by atoms with van der Waals surface area (Å²) in [4.78, 5) is 18.6. The maximum Gasteiger partial charge on any atom is 0.224 e. The van der Waals surface area contributed by atoms with Crippen molar-refractivity contribution in [2.45, 2.75) is 44.9 Å². The molecule has 0 aliphatic heterocycles. The largest absolute Gasteiger partial charge is 0.356 e. The van der Waals surface area contributed by atoms with Crippen molar-refractivity contribution < 1.29 is 4.79 Å². The molecule has 134 valence electrons. The standard InChI is InChI=1S/C22H24N2OS/c25-21(15-17-9-5-8-16-7-1-2-10-18(16)17)23-14-6-13-22-24-19-11-3-4-12-20(19)26-22/h1-2,5,7-10H,3-4,6,11-15H2,(H,23,25). The minimum absolute atomic E-state index is 0.0970. The van der Waals surface area contributed by atoms with E-state index in [-0.39, 0.29) is 5.91 Å². The van der Waals surface area contributed by atoms with Crippen LogP contribution in [0.5, 0.6) is 0 Å². The number of hydrogen-bond acceptors (Lipinski definition) is 3. The zero-order valence-corrected chi connectivity index (χ0v) is 15.8. The molecule has 4 rings (SSSR count). The minimum Gasteiger partial charge on any atom is -0.356 e. The number of nitrogens with one attached hydrogen (secondary N) is 1. The second-order valence-electron chi connectivity index (χ2n) is 6.95. The molecule has 1 aliphatic carbocycles. The van der Waals surface area contributed by atoms with Crippen LogP contribution in [0.1, 0.15) is 40.4 Å². The molecule has 0 atom stereocenters. The number of hydrogen-bond donors (Lipinski definition) is 1. The third kappa shape index (κ3) is 3.96. The molecule has 26 heavy (non-hydrogen) atoms. The molecule has 3 nitrogen and oxygen atoms in total. The molecule has 2 aromatic carbocycles. The number of carbonyl (C=O) groups is 1. The van der Waals surface area contributed by atoms with Crippen molar-refractivity contribution in [2.75, 3.05) is 6.54 Å². The highest BCUT2D eigenvalue weighted by atomic mass is 32.1. The first-order chi connectivity index (χ1) is 12.8. The number of amides is 1. The predicted molar refractivity (Wildman–Crippen MR) is 108 cm³/mol. The smallest absolute Gasteiger partial charge is 0.224 e. The average molecular weight is 365 g/mol. The minimum atomic E-state index is 0.0970. The lowest BCUT2D eigenvalue weighted by molar-refractivity contribution is -0.120. The second-order valence-corrected chi connectivity index (χ2v) is 8.12. The first-order valence-corrected chi connectivity index (χ1v) is 10.3. The Morgan fingerprint density at radius 3 is 2.85 bits per heavy atom. The number of rotatable bonds is 6. The van der Waals surface area contributed by atoms with Gasteiger partial charge in [-0.3, -0.25) is 4.79 Å². The van der Waals surface area contributed by atoms with Crippen LogP contribution in [0.4, 0.5) is 0 Å². The van der Waals surface area contributed by atoms with E-state index < -0.39 is 0 Å². The van der Waals surface area contributed by atoms with E-state index in [1.54, 1.807) is 0 Å². The van der Waals surface area contributed by atoms with Gasteiger partial charge in [0.2, 0.25) is 5.91 Å². The summed E-state index contributed by atoms with van der Waals surface area (Å²) < 4.78 is 0. The summed E-state index contributed by atoms with van der Waals surface area (Å²) in [6.45, 7) is 0.716. The van der Waals surface area contributed by atoms with E-state index >= 15 is 0 Å². The summed E-state index contributed by atoms with van der Waals surface area (Å²) in [6.07, 6.45) is 7.29. The summed E-state index contributed by atoms with van der Waals surface area (Å²) in [5.74, 6) is 0.0970. The third-order valence-corrected chi connectivity index (χ3v) is 6.23. The van der Waals surface area contributed by atoms with E-state index in [0.29, 0.717) is 13.0 Å². The highest BCUT2D eigenvalue weighted by Crippen LogP contribution is 2.27. The summed E-state index contributed by atoms with van der Waals surface area (Å²) in [6, 6.07) is 14.4. The maximum atomic E-state index is 12.3. The highest BCUT2D eigenvalue weighted by Gasteiger charge is 2.14. The molecular weight excluding hydrogens is 340 g/mol. The van der Waals surface area contributed by atoms with Crippen LogP contribution < -0.4 is 5.32 Å². The van der Waals surface area contributed by atoms with Gasteiger partial charge in [-0.05, 0) is 48.4 Å². The summed E-state index contributed by atoms with van der Waals surface area (Å²) >= 11 is 1.87. The van der Waals surface area contributed by atoms with Gasteiger partial charge in [-0.2, -0.15) is 0 Å². The van der Waals surface area contributed by atoms with E-state index in [0.717, 1.165) is 24.8 Å². The topological polar surface area (TPSA) is 42.0 Å². The molecule has 0 saturated carbocycles. The monoisotopic (exact) mass is 364 g/mol. The van der Waals surface area contributed by atoms with E-state index in [1.807, 2.05) is 35.6 Å². The predicted octanol–water partition coefficient (Wildman–Crippen LogP) is 4.47. The summed E-state index contributed by atoms with van der Waals surface area (Å²) in [5.41, 5.74) is 2.42. The quantitative estimate of drug-likeness (QED) is 0.656. The average Bonchev–Trinajstić information content (AvgIpc) is 3.08. The number of benzene rings is 2. The van der Waals surface area contributed by atoms with Gasteiger partial charge in [0.15, 0.2) is 0 Å². The van der Waals surface area contributed by atoms with Gasteiger partial charge in [0.05, 0.1) is 17.1 Å². The van der Waals surface area contributed by atoms with Crippen LogP contribution in [0, 0.1) is 0 Å². The number of aryl methyl sites for hydroxylation is 3. The Labute approximate surface area is 158 Å². The van der Waals surface area contributed by atoms with Gasteiger partial charge in [-0.1, -0.05) is 42.5 Å². The fourth-order valence-corrected chi connectivity index (χ4v) is 4.86. The van der Waals surface area contributed by atoms with Crippen molar-refractivity contribution in [3.05, 3.63) is 63.6 Å². The molecular formula is C22H24N2OS. The van der Waals surface area contributed by atoms with Crippen molar-refractivity contribution in [2.24, 2.45) is 0 Å². The first-order valence-electron chi connectivity index (χ1n) is 9.50. The van der Waals surface area contributed by atoms with Crippen LogP contribution in [-0.2, 0) is 30.5 Å². The van der Waals surface area contributed by atoms with Crippen molar-refractivity contribution >= 4 is 28.0 Å². The molecule has 1 aliphatic rings. The van der Waals surface area contributed by atoms with E-state index in [1.165, 1.54) is 45.6 Å². The van der Waals surface area contributed by atoms with Gasteiger partial charge >= 0.3 is 0 Å². The molecule has 0 saturated heterocycles. The van der Waals surface area contributed by atoms with E-state index in [4.69, 9.17) is 4.98 Å². The SMILES string of the molecule is O=C(Cc1cccc2ccccc12)NCCCc1nc2c(s1)CCCC2. The lowest BCUT2D eigenvalue weighted by Gasteiger charge is -2.07. The Hall–Kier alpha value is -2.20. The molecule has 4 heteroatoms. The maximum absolute atomic E-state index is 12.3. The van der Waals surface area contributed by atoms with Gasteiger partial charge in [0.25, 0.3) is 0 Å². The van der Waals surface area contributed by atoms with E-state index in [9.17, 15) is 4.79 Å². The lowest BCUT2D eigenvalue weighted by atomic mass is 10.0. The molecule has 3 aromatic rings. The van der Waals surface area contributed by atoms with Gasteiger partial charge in [0, 0.05) is 17.8 Å².